The zero-order valence-electron chi connectivity index (χ0n) is 12.1. The third kappa shape index (κ3) is 4.21. The second-order valence-corrected chi connectivity index (χ2v) is 4.67. The van der Waals surface area contributed by atoms with E-state index in [2.05, 4.69) is 27.8 Å². The zero-order valence-corrected chi connectivity index (χ0v) is 12.1. The molecule has 0 aliphatic carbocycles. The summed E-state index contributed by atoms with van der Waals surface area (Å²) in [7, 11) is 0. The molecule has 7 heteroatoms. The fraction of sp³-hybridized carbons (Fsp3) is 0.267. The van der Waals surface area contributed by atoms with E-state index in [0.717, 1.165) is 31.5 Å². The molecule has 2 rings (SSSR count). The van der Waals surface area contributed by atoms with Crippen LogP contribution in [0.1, 0.15) is 30.1 Å². The molecular formula is C15H16F2N4O. The Labute approximate surface area is 126 Å². The lowest BCUT2D eigenvalue weighted by atomic mass is 10.2. The van der Waals surface area contributed by atoms with Gasteiger partial charge in [0, 0.05) is 12.1 Å². The molecule has 0 bridgehead atoms. The number of aromatic nitrogens is 2. The minimum Gasteiger partial charge on any atom is -0.369 e. The number of hydrogen-bond acceptors (Lipinski definition) is 4. The van der Waals surface area contributed by atoms with Gasteiger partial charge in [-0.1, -0.05) is 13.3 Å². The van der Waals surface area contributed by atoms with Crippen molar-refractivity contribution in [2.24, 2.45) is 0 Å². The first-order valence-electron chi connectivity index (χ1n) is 6.94. The van der Waals surface area contributed by atoms with E-state index < -0.39 is 17.5 Å². The molecule has 1 heterocycles. The van der Waals surface area contributed by atoms with Gasteiger partial charge in [0.2, 0.25) is 0 Å². The van der Waals surface area contributed by atoms with Crippen molar-refractivity contribution in [2.75, 3.05) is 17.2 Å². The third-order valence-corrected chi connectivity index (χ3v) is 2.92. The van der Waals surface area contributed by atoms with Crippen LogP contribution < -0.4 is 10.6 Å². The lowest BCUT2D eigenvalue weighted by molar-refractivity contribution is 0.102. The first kappa shape index (κ1) is 15.8. The average Bonchev–Trinajstić information content (AvgIpc) is 2.52. The number of halogens is 2. The van der Waals surface area contributed by atoms with Crippen molar-refractivity contribution >= 4 is 17.5 Å². The first-order valence-corrected chi connectivity index (χ1v) is 6.94. The lowest BCUT2D eigenvalue weighted by Gasteiger charge is -2.06. The number of amides is 1. The predicted molar refractivity (Wildman–Crippen MR) is 79.7 cm³/mol. The van der Waals surface area contributed by atoms with Crippen LogP contribution >= 0.6 is 0 Å². The minimum absolute atomic E-state index is 0.00541. The van der Waals surface area contributed by atoms with Gasteiger partial charge in [0.15, 0.2) is 17.5 Å². The lowest BCUT2D eigenvalue weighted by Crippen LogP contribution is -2.14. The van der Waals surface area contributed by atoms with Crippen LogP contribution in [0.4, 0.5) is 20.4 Å². The Kier molecular flexibility index (Phi) is 5.35. The molecule has 2 aromatic rings. The number of nitrogens with one attached hydrogen (secondary N) is 2. The second-order valence-electron chi connectivity index (χ2n) is 4.67. The summed E-state index contributed by atoms with van der Waals surface area (Å²) in [4.78, 5) is 11.9. The molecular weight excluding hydrogens is 290 g/mol. The molecule has 116 valence electrons. The third-order valence-electron chi connectivity index (χ3n) is 2.92. The topological polar surface area (TPSA) is 66.9 Å². The summed E-state index contributed by atoms with van der Waals surface area (Å²) in [5, 5.41) is 13.3. The summed E-state index contributed by atoms with van der Waals surface area (Å²) in [6.07, 6.45) is 2.10. The van der Waals surface area contributed by atoms with Crippen LogP contribution in [0, 0.1) is 11.6 Å². The summed E-state index contributed by atoms with van der Waals surface area (Å²) < 4.78 is 25.9. The van der Waals surface area contributed by atoms with Crippen LogP contribution in [-0.2, 0) is 0 Å². The standard InChI is InChI=1S/C15H16F2N4O/c1-2-3-8-18-13-6-7-14(21-20-13)19-15(22)10-4-5-11(16)12(17)9-10/h4-7,9H,2-3,8H2,1H3,(H,18,20)(H,19,21,22). The number of carbonyl (C=O) groups is 1. The molecule has 0 radical (unpaired) electrons. The number of carbonyl (C=O) groups excluding carboxylic acids is 1. The van der Waals surface area contributed by atoms with E-state index >= 15 is 0 Å². The number of unbranched alkanes of at least 4 members (excludes halogenated alkanes) is 1. The zero-order chi connectivity index (χ0) is 15.9. The number of nitrogens with zero attached hydrogens (tertiary/aromatic N) is 2. The Hall–Kier alpha value is -2.57. The van der Waals surface area contributed by atoms with Gasteiger partial charge in [-0.15, -0.1) is 10.2 Å². The Morgan fingerprint density at radius 1 is 1.09 bits per heavy atom. The molecule has 0 atom stereocenters. The maximum atomic E-state index is 13.1. The minimum atomic E-state index is -1.07. The highest BCUT2D eigenvalue weighted by Gasteiger charge is 2.10. The average molecular weight is 306 g/mol. The fourth-order valence-electron chi connectivity index (χ4n) is 1.71. The van der Waals surface area contributed by atoms with Crippen molar-refractivity contribution < 1.29 is 13.6 Å². The van der Waals surface area contributed by atoms with Gasteiger partial charge in [-0.05, 0) is 36.8 Å². The number of hydrogen-bond donors (Lipinski definition) is 2. The molecule has 5 nitrogen and oxygen atoms in total. The van der Waals surface area contributed by atoms with Crippen molar-refractivity contribution in [1.82, 2.24) is 10.2 Å². The van der Waals surface area contributed by atoms with Crippen molar-refractivity contribution in [3.05, 3.63) is 47.5 Å². The Balaban J connectivity index is 1.97. The van der Waals surface area contributed by atoms with Gasteiger partial charge in [0.1, 0.15) is 5.82 Å². The largest absolute Gasteiger partial charge is 0.369 e. The van der Waals surface area contributed by atoms with Crippen LogP contribution in [0.15, 0.2) is 30.3 Å². The maximum absolute atomic E-state index is 13.1. The molecule has 0 unspecified atom stereocenters. The van der Waals surface area contributed by atoms with Gasteiger partial charge >= 0.3 is 0 Å². The number of anilines is 2. The molecule has 1 aromatic heterocycles. The van der Waals surface area contributed by atoms with Gasteiger partial charge < -0.3 is 10.6 Å². The monoisotopic (exact) mass is 306 g/mol. The Morgan fingerprint density at radius 3 is 2.45 bits per heavy atom. The van der Waals surface area contributed by atoms with E-state index in [1.807, 2.05) is 0 Å². The highest BCUT2D eigenvalue weighted by molar-refractivity contribution is 6.03. The van der Waals surface area contributed by atoms with E-state index in [0.29, 0.717) is 5.82 Å². The molecule has 2 N–H and O–H groups in total. The van der Waals surface area contributed by atoms with Crippen LogP contribution in [0.2, 0.25) is 0 Å². The molecule has 0 fully saturated rings. The maximum Gasteiger partial charge on any atom is 0.256 e. The predicted octanol–water partition coefficient (Wildman–Crippen LogP) is 3.22. The smallest absolute Gasteiger partial charge is 0.256 e. The highest BCUT2D eigenvalue weighted by Crippen LogP contribution is 2.11. The summed E-state index contributed by atoms with van der Waals surface area (Å²) in [6, 6.07) is 6.19. The normalized spacial score (nSPS) is 10.3. The second kappa shape index (κ2) is 7.44. The van der Waals surface area contributed by atoms with Crippen molar-refractivity contribution in [2.45, 2.75) is 19.8 Å². The molecule has 22 heavy (non-hydrogen) atoms. The van der Waals surface area contributed by atoms with E-state index in [9.17, 15) is 13.6 Å². The van der Waals surface area contributed by atoms with Crippen LogP contribution in [0.5, 0.6) is 0 Å². The summed E-state index contributed by atoms with van der Waals surface area (Å²) in [5.74, 6) is -1.82. The van der Waals surface area contributed by atoms with E-state index in [4.69, 9.17) is 0 Å². The molecule has 0 aliphatic rings. The summed E-state index contributed by atoms with van der Waals surface area (Å²) in [5.41, 5.74) is 0.00541. The van der Waals surface area contributed by atoms with Gasteiger partial charge in [-0.25, -0.2) is 8.78 Å². The summed E-state index contributed by atoms with van der Waals surface area (Å²) in [6.45, 7) is 2.88. The Morgan fingerprint density at radius 2 is 1.82 bits per heavy atom. The molecule has 0 saturated heterocycles. The van der Waals surface area contributed by atoms with Crippen molar-refractivity contribution in [3.8, 4) is 0 Å². The number of rotatable bonds is 6. The Bertz CT molecular complexity index is 646. The SMILES string of the molecule is CCCCNc1ccc(NC(=O)c2ccc(F)c(F)c2)nn1. The van der Waals surface area contributed by atoms with Crippen LogP contribution in [0.3, 0.4) is 0 Å². The van der Waals surface area contributed by atoms with Crippen molar-refractivity contribution in [1.29, 1.82) is 0 Å². The molecule has 1 aromatic carbocycles. The molecule has 0 saturated carbocycles. The van der Waals surface area contributed by atoms with Crippen LogP contribution in [-0.4, -0.2) is 22.6 Å². The van der Waals surface area contributed by atoms with Gasteiger partial charge in [0.25, 0.3) is 5.91 Å². The van der Waals surface area contributed by atoms with Crippen molar-refractivity contribution in [3.63, 3.8) is 0 Å². The van der Waals surface area contributed by atoms with Gasteiger partial charge in [-0.2, -0.15) is 0 Å². The number of benzene rings is 1. The van der Waals surface area contributed by atoms with Gasteiger partial charge in [-0.3, -0.25) is 4.79 Å². The van der Waals surface area contributed by atoms with E-state index in [1.54, 1.807) is 12.1 Å². The van der Waals surface area contributed by atoms with E-state index in [-0.39, 0.29) is 11.4 Å². The highest BCUT2D eigenvalue weighted by atomic mass is 19.2. The van der Waals surface area contributed by atoms with Crippen LogP contribution in [0.25, 0.3) is 0 Å². The van der Waals surface area contributed by atoms with Gasteiger partial charge in [0.05, 0.1) is 0 Å². The molecule has 0 spiro atoms. The first-order chi connectivity index (χ1) is 10.6. The summed E-state index contributed by atoms with van der Waals surface area (Å²) >= 11 is 0. The fourth-order valence-corrected chi connectivity index (χ4v) is 1.71. The molecule has 0 aliphatic heterocycles. The van der Waals surface area contributed by atoms with E-state index in [1.165, 1.54) is 6.07 Å². The molecule has 1 amide bonds. The quantitative estimate of drug-likeness (QED) is 0.804.